The fraction of sp³-hybridized carbons (Fsp3) is 0.438. The molecule has 0 aromatic heterocycles. The molecule has 2 aliphatic rings. The minimum atomic E-state index is -3.54. The molecule has 1 aromatic rings. The molecule has 0 unspecified atom stereocenters. The maximum absolute atomic E-state index is 12.6. The fourth-order valence-corrected chi connectivity index (χ4v) is 4.32. The molecule has 0 radical (unpaired) electrons. The second-order valence-electron chi connectivity index (χ2n) is 5.97. The van der Waals surface area contributed by atoms with E-state index in [2.05, 4.69) is 5.10 Å². The molecule has 2 amide bonds. The number of benzene rings is 1. The topological polar surface area (TPSA) is 90.4 Å². The third-order valence-electron chi connectivity index (χ3n) is 4.36. The van der Waals surface area contributed by atoms with Crippen LogP contribution in [0.2, 0.25) is 0 Å². The van der Waals surface area contributed by atoms with E-state index in [-0.39, 0.29) is 36.2 Å². The van der Waals surface area contributed by atoms with Crippen molar-refractivity contribution in [3.63, 3.8) is 0 Å². The molecule has 0 bridgehead atoms. The van der Waals surface area contributed by atoms with Crippen LogP contribution in [-0.2, 0) is 19.6 Å². The van der Waals surface area contributed by atoms with E-state index in [0.29, 0.717) is 25.2 Å². The monoisotopic (exact) mass is 364 g/mol. The van der Waals surface area contributed by atoms with Gasteiger partial charge < -0.3 is 4.90 Å². The van der Waals surface area contributed by atoms with E-state index >= 15 is 0 Å². The smallest absolute Gasteiger partial charge is 0.270 e. The van der Waals surface area contributed by atoms with Crippen LogP contribution in [0.4, 0.5) is 0 Å². The quantitative estimate of drug-likeness (QED) is 0.762. The zero-order valence-corrected chi connectivity index (χ0v) is 14.8. The molecule has 1 fully saturated rings. The predicted octanol–water partition coefficient (Wildman–Crippen LogP) is 0.128. The zero-order valence-electron chi connectivity index (χ0n) is 14.0. The summed E-state index contributed by atoms with van der Waals surface area (Å²) in [4.78, 5) is 25.8. The van der Waals surface area contributed by atoms with Crippen LogP contribution < -0.4 is 0 Å². The molecule has 3 rings (SSSR count). The fourth-order valence-electron chi connectivity index (χ4n) is 2.88. The Morgan fingerprint density at radius 1 is 1.04 bits per heavy atom. The molecule has 0 N–H and O–H groups in total. The summed E-state index contributed by atoms with van der Waals surface area (Å²) in [7, 11) is -2.01. The Bertz CT molecular complexity index is 799. The molecule has 0 aliphatic carbocycles. The van der Waals surface area contributed by atoms with Gasteiger partial charge in [0.2, 0.25) is 15.9 Å². The molecule has 1 saturated heterocycles. The number of amides is 2. The molecule has 0 atom stereocenters. The largest absolute Gasteiger partial charge is 0.335 e. The Hall–Kier alpha value is -2.26. The Labute approximate surface area is 146 Å². The molecule has 0 spiro atoms. The van der Waals surface area contributed by atoms with Gasteiger partial charge >= 0.3 is 0 Å². The first-order valence-electron chi connectivity index (χ1n) is 8.08. The van der Waals surface area contributed by atoms with Gasteiger partial charge in [-0.15, -0.1) is 0 Å². The maximum Gasteiger partial charge on any atom is 0.270 e. The Kier molecular flexibility index (Phi) is 4.87. The van der Waals surface area contributed by atoms with Gasteiger partial charge in [-0.3, -0.25) is 9.59 Å². The standard InChI is InChI=1S/C16H20N4O4S/c1-18-15(21)8-7-14(17-18)16(22)19-9-11-20(12-10-19)25(23,24)13-5-3-2-4-6-13/h2-6H,7-12H2,1H3. The second-order valence-corrected chi connectivity index (χ2v) is 7.91. The van der Waals surface area contributed by atoms with Crippen LogP contribution in [0.15, 0.2) is 40.3 Å². The number of nitrogens with zero attached hydrogens (tertiary/aromatic N) is 4. The Morgan fingerprint density at radius 2 is 1.68 bits per heavy atom. The molecule has 8 nitrogen and oxygen atoms in total. The maximum atomic E-state index is 12.6. The molecule has 2 heterocycles. The molecule has 134 valence electrons. The van der Waals surface area contributed by atoms with Crippen LogP contribution in [0.5, 0.6) is 0 Å². The lowest BCUT2D eigenvalue weighted by Crippen LogP contribution is -2.52. The van der Waals surface area contributed by atoms with Gasteiger partial charge in [0.15, 0.2) is 0 Å². The number of carbonyl (C=O) groups is 2. The van der Waals surface area contributed by atoms with Crippen LogP contribution in [0, 0.1) is 0 Å². The van der Waals surface area contributed by atoms with E-state index in [1.165, 1.54) is 16.4 Å². The highest BCUT2D eigenvalue weighted by molar-refractivity contribution is 7.89. The van der Waals surface area contributed by atoms with E-state index in [1.807, 2.05) is 0 Å². The molecule has 9 heteroatoms. The van der Waals surface area contributed by atoms with Gasteiger partial charge in [-0.1, -0.05) is 18.2 Å². The summed E-state index contributed by atoms with van der Waals surface area (Å²) in [5, 5.41) is 5.22. The van der Waals surface area contributed by atoms with Crippen LogP contribution in [-0.4, -0.2) is 73.4 Å². The van der Waals surface area contributed by atoms with E-state index in [4.69, 9.17) is 0 Å². The van der Waals surface area contributed by atoms with Crippen LogP contribution in [0.1, 0.15) is 12.8 Å². The highest BCUT2D eigenvalue weighted by atomic mass is 32.2. The van der Waals surface area contributed by atoms with Gasteiger partial charge in [-0.25, -0.2) is 13.4 Å². The summed E-state index contributed by atoms with van der Waals surface area (Å²) in [6.45, 7) is 1.10. The summed E-state index contributed by atoms with van der Waals surface area (Å²) in [5.41, 5.74) is 0.349. The van der Waals surface area contributed by atoms with E-state index in [9.17, 15) is 18.0 Å². The third kappa shape index (κ3) is 3.57. The minimum absolute atomic E-state index is 0.115. The number of hydrogen-bond acceptors (Lipinski definition) is 5. The first-order chi connectivity index (χ1) is 11.9. The highest BCUT2D eigenvalue weighted by Gasteiger charge is 2.32. The minimum Gasteiger partial charge on any atom is -0.335 e. The van der Waals surface area contributed by atoms with Crippen LogP contribution in [0.25, 0.3) is 0 Å². The summed E-state index contributed by atoms with van der Waals surface area (Å²) >= 11 is 0. The summed E-state index contributed by atoms with van der Waals surface area (Å²) < 4.78 is 26.6. The zero-order chi connectivity index (χ0) is 18.0. The highest BCUT2D eigenvalue weighted by Crippen LogP contribution is 2.18. The van der Waals surface area contributed by atoms with Crippen molar-refractivity contribution in [3.8, 4) is 0 Å². The van der Waals surface area contributed by atoms with Crippen molar-refractivity contribution < 1.29 is 18.0 Å². The van der Waals surface area contributed by atoms with Gasteiger partial charge in [0.1, 0.15) is 5.71 Å². The Morgan fingerprint density at radius 3 is 2.28 bits per heavy atom. The van der Waals surface area contributed by atoms with Crippen molar-refractivity contribution >= 4 is 27.5 Å². The summed E-state index contributed by atoms with van der Waals surface area (Å²) in [6.07, 6.45) is 0.591. The molecule has 2 aliphatic heterocycles. The first-order valence-corrected chi connectivity index (χ1v) is 9.52. The molecule has 1 aromatic carbocycles. The van der Waals surface area contributed by atoms with Crippen LogP contribution in [0.3, 0.4) is 0 Å². The number of rotatable bonds is 3. The second kappa shape index (κ2) is 6.93. The first kappa shape index (κ1) is 17.6. The van der Waals surface area contributed by atoms with Gasteiger partial charge in [-0.05, 0) is 12.1 Å². The molecule has 0 saturated carbocycles. The lowest BCUT2D eigenvalue weighted by atomic mass is 10.1. The molecular formula is C16H20N4O4S. The Balaban J connectivity index is 1.65. The predicted molar refractivity (Wildman–Crippen MR) is 91.2 cm³/mol. The van der Waals surface area contributed by atoms with E-state index in [0.717, 1.165) is 0 Å². The van der Waals surface area contributed by atoms with Crippen molar-refractivity contribution in [2.45, 2.75) is 17.7 Å². The van der Waals surface area contributed by atoms with Crippen molar-refractivity contribution in [2.24, 2.45) is 5.10 Å². The number of piperazine rings is 1. The average Bonchev–Trinajstić information content (AvgIpc) is 2.64. The normalized spacial score (nSPS) is 19.7. The van der Waals surface area contributed by atoms with Crippen molar-refractivity contribution in [2.75, 3.05) is 33.2 Å². The third-order valence-corrected chi connectivity index (χ3v) is 6.27. The number of hydrazone groups is 1. The van der Waals surface area contributed by atoms with Gasteiger partial charge in [0.25, 0.3) is 5.91 Å². The lowest BCUT2D eigenvalue weighted by molar-refractivity contribution is -0.130. The summed E-state index contributed by atoms with van der Waals surface area (Å²) in [5.74, 6) is -0.341. The number of hydrogen-bond donors (Lipinski definition) is 0. The lowest BCUT2D eigenvalue weighted by Gasteiger charge is -2.34. The van der Waals surface area contributed by atoms with Gasteiger partial charge in [-0.2, -0.15) is 9.41 Å². The van der Waals surface area contributed by atoms with Crippen LogP contribution >= 0.6 is 0 Å². The average molecular weight is 364 g/mol. The van der Waals surface area contributed by atoms with Gasteiger partial charge in [0.05, 0.1) is 4.90 Å². The van der Waals surface area contributed by atoms with E-state index in [1.54, 1.807) is 35.2 Å². The van der Waals surface area contributed by atoms with Gasteiger partial charge in [0, 0.05) is 46.1 Å². The number of sulfonamides is 1. The van der Waals surface area contributed by atoms with E-state index < -0.39 is 10.0 Å². The van der Waals surface area contributed by atoms with Crippen molar-refractivity contribution in [1.82, 2.24) is 14.2 Å². The number of carbonyl (C=O) groups excluding carboxylic acids is 2. The molecular weight excluding hydrogens is 344 g/mol. The molecule has 25 heavy (non-hydrogen) atoms. The van der Waals surface area contributed by atoms with Crippen molar-refractivity contribution in [1.29, 1.82) is 0 Å². The summed E-state index contributed by atoms with van der Waals surface area (Å²) in [6, 6.07) is 8.27. The van der Waals surface area contributed by atoms with Crippen molar-refractivity contribution in [3.05, 3.63) is 30.3 Å². The SMILES string of the molecule is CN1N=C(C(=O)N2CCN(S(=O)(=O)c3ccccc3)CC2)CCC1=O.